The Morgan fingerprint density at radius 3 is 2.77 bits per heavy atom. The Kier molecular flexibility index (Phi) is 5.32. The van der Waals surface area contributed by atoms with Gasteiger partial charge in [0.05, 0.1) is 6.10 Å². The van der Waals surface area contributed by atoms with Crippen LogP contribution in [0, 0.1) is 11.3 Å². The lowest BCUT2D eigenvalue weighted by Gasteiger charge is -2.58. The van der Waals surface area contributed by atoms with Gasteiger partial charge in [-0.2, -0.15) is 0 Å². The highest BCUT2D eigenvalue weighted by Crippen LogP contribution is 2.54. The number of carboxylic acids is 1. The highest BCUT2D eigenvalue weighted by molar-refractivity contribution is 5.75. The molecule has 1 aliphatic carbocycles. The minimum atomic E-state index is -0.828. The van der Waals surface area contributed by atoms with Gasteiger partial charge in [0.1, 0.15) is 0 Å². The summed E-state index contributed by atoms with van der Waals surface area (Å²) in [6.07, 6.45) is 2.74. The van der Waals surface area contributed by atoms with E-state index in [1.54, 1.807) is 0 Å². The van der Waals surface area contributed by atoms with E-state index in [1.165, 1.54) is 0 Å². The van der Waals surface area contributed by atoms with E-state index in [9.17, 15) is 9.59 Å². The summed E-state index contributed by atoms with van der Waals surface area (Å²) in [5, 5.41) is 11.5. The molecule has 1 heterocycles. The maximum Gasteiger partial charge on any atom is 0.317 e. The van der Waals surface area contributed by atoms with Crippen molar-refractivity contribution >= 4 is 12.0 Å². The van der Waals surface area contributed by atoms with E-state index in [0.29, 0.717) is 18.9 Å². The molecule has 0 aromatic heterocycles. The van der Waals surface area contributed by atoms with Crippen LogP contribution >= 0.6 is 0 Å². The van der Waals surface area contributed by atoms with E-state index in [4.69, 9.17) is 9.84 Å². The fraction of sp³-hybridized carbons (Fsp3) is 0.875. The van der Waals surface area contributed by atoms with Crippen molar-refractivity contribution in [2.45, 2.75) is 58.6 Å². The zero-order chi connectivity index (χ0) is 16.3. The Hall–Kier alpha value is -1.30. The van der Waals surface area contributed by atoms with Crippen molar-refractivity contribution in [3.8, 4) is 0 Å². The van der Waals surface area contributed by atoms with E-state index >= 15 is 0 Å². The summed E-state index contributed by atoms with van der Waals surface area (Å²) in [7, 11) is 0. The van der Waals surface area contributed by atoms with Gasteiger partial charge in [-0.1, -0.05) is 20.8 Å². The maximum atomic E-state index is 12.5. The lowest BCUT2D eigenvalue weighted by molar-refractivity contribution is -0.143. The fourth-order valence-electron chi connectivity index (χ4n) is 4.07. The first kappa shape index (κ1) is 17.1. The van der Waals surface area contributed by atoms with E-state index in [-0.39, 0.29) is 30.0 Å². The van der Waals surface area contributed by atoms with Gasteiger partial charge in [-0.15, -0.1) is 0 Å². The average molecular weight is 312 g/mol. The molecule has 2 rings (SSSR count). The van der Waals surface area contributed by atoms with Crippen LogP contribution in [0.4, 0.5) is 4.79 Å². The van der Waals surface area contributed by atoms with Crippen molar-refractivity contribution in [3.05, 3.63) is 0 Å². The van der Waals surface area contributed by atoms with Crippen LogP contribution in [-0.2, 0) is 9.53 Å². The molecule has 3 atom stereocenters. The molecule has 6 heteroatoms. The van der Waals surface area contributed by atoms with Gasteiger partial charge in [-0.05, 0) is 19.3 Å². The van der Waals surface area contributed by atoms with Crippen molar-refractivity contribution in [3.63, 3.8) is 0 Å². The van der Waals surface area contributed by atoms with Crippen LogP contribution in [0.3, 0.4) is 0 Å². The first-order valence-corrected chi connectivity index (χ1v) is 8.27. The number of fused-ring (bicyclic) bond motifs is 1. The Morgan fingerprint density at radius 2 is 2.14 bits per heavy atom. The smallest absolute Gasteiger partial charge is 0.317 e. The van der Waals surface area contributed by atoms with Gasteiger partial charge >= 0.3 is 12.0 Å². The molecule has 0 spiro atoms. The number of carbonyl (C=O) groups excluding carboxylic acids is 1. The second-order valence-electron chi connectivity index (χ2n) is 6.93. The number of carboxylic acid groups (broad SMARTS) is 1. The van der Waals surface area contributed by atoms with Crippen LogP contribution in [0.5, 0.6) is 0 Å². The molecule has 1 saturated carbocycles. The lowest BCUT2D eigenvalue weighted by Crippen LogP contribution is -2.68. The molecule has 1 saturated heterocycles. The van der Waals surface area contributed by atoms with Crippen LogP contribution < -0.4 is 5.32 Å². The SMILES string of the molecule is CCCN(C(=O)NCCCC(=O)O)C1C2CCOC2C1(C)C. The molecule has 0 aromatic carbocycles. The molecule has 3 unspecified atom stereocenters. The second-order valence-corrected chi connectivity index (χ2v) is 6.93. The number of rotatable bonds is 7. The van der Waals surface area contributed by atoms with Gasteiger partial charge in [0.2, 0.25) is 0 Å². The quantitative estimate of drug-likeness (QED) is 0.706. The zero-order valence-electron chi connectivity index (χ0n) is 13.8. The largest absolute Gasteiger partial charge is 0.481 e. The van der Waals surface area contributed by atoms with Crippen LogP contribution in [0.2, 0.25) is 0 Å². The Bertz CT molecular complexity index is 424. The predicted octanol–water partition coefficient (Wildman–Crippen LogP) is 2.09. The second kappa shape index (κ2) is 6.86. The highest BCUT2D eigenvalue weighted by Gasteiger charge is 2.61. The summed E-state index contributed by atoms with van der Waals surface area (Å²) in [4.78, 5) is 25.0. The third-order valence-electron chi connectivity index (χ3n) is 4.94. The molecular formula is C16H28N2O4. The summed E-state index contributed by atoms with van der Waals surface area (Å²) in [6.45, 7) is 8.33. The summed E-state index contributed by atoms with van der Waals surface area (Å²) in [6, 6.07) is 0.134. The minimum absolute atomic E-state index is 0.0191. The molecule has 0 aromatic rings. The Balaban J connectivity index is 1.94. The Labute approximate surface area is 132 Å². The Morgan fingerprint density at radius 1 is 1.41 bits per heavy atom. The molecular weight excluding hydrogens is 284 g/mol. The summed E-state index contributed by atoms with van der Waals surface area (Å²) in [5.41, 5.74) is -0.0191. The standard InChI is InChI=1S/C16H28N2O4/c1-4-9-18(15(21)17-8-5-6-12(19)20)13-11-7-10-22-14(11)16(13,2)3/h11,13-14H,4-10H2,1-3H3,(H,17,21)(H,19,20). The van der Waals surface area contributed by atoms with Crippen LogP contribution in [0.1, 0.15) is 46.5 Å². The van der Waals surface area contributed by atoms with Gasteiger partial charge in [0, 0.05) is 43.5 Å². The predicted molar refractivity (Wildman–Crippen MR) is 82.7 cm³/mol. The number of nitrogens with one attached hydrogen (secondary N) is 1. The number of hydrogen-bond donors (Lipinski definition) is 2. The molecule has 2 aliphatic rings. The third kappa shape index (κ3) is 3.21. The number of urea groups is 1. The third-order valence-corrected chi connectivity index (χ3v) is 4.94. The average Bonchev–Trinajstić information content (AvgIpc) is 2.89. The van der Waals surface area contributed by atoms with Gasteiger partial charge in [-0.3, -0.25) is 4.79 Å². The molecule has 1 aliphatic heterocycles. The molecule has 0 radical (unpaired) electrons. The number of aliphatic carboxylic acids is 1. The summed E-state index contributed by atoms with van der Waals surface area (Å²) >= 11 is 0. The van der Waals surface area contributed by atoms with Gasteiger partial charge in [-0.25, -0.2) is 4.79 Å². The van der Waals surface area contributed by atoms with Gasteiger partial charge in [0.25, 0.3) is 0 Å². The molecule has 0 bridgehead atoms. The number of hydrogen-bond acceptors (Lipinski definition) is 3. The molecule has 2 N–H and O–H groups in total. The zero-order valence-corrected chi connectivity index (χ0v) is 13.8. The minimum Gasteiger partial charge on any atom is -0.481 e. The first-order valence-electron chi connectivity index (χ1n) is 8.27. The molecule has 22 heavy (non-hydrogen) atoms. The van der Waals surface area contributed by atoms with Crippen LogP contribution in [0.15, 0.2) is 0 Å². The van der Waals surface area contributed by atoms with E-state index in [2.05, 4.69) is 26.1 Å². The van der Waals surface area contributed by atoms with Crippen molar-refractivity contribution in [1.82, 2.24) is 10.2 Å². The van der Waals surface area contributed by atoms with E-state index in [0.717, 1.165) is 26.0 Å². The summed E-state index contributed by atoms with van der Waals surface area (Å²) in [5.74, 6) is -0.392. The number of ether oxygens (including phenoxy) is 1. The van der Waals surface area contributed by atoms with Crippen molar-refractivity contribution in [1.29, 1.82) is 0 Å². The molecule has 126 valence electrons. The van der Waals surface area contributed by atoms with E-state index in [1.807, 2.05) is 4.90 Å². The van der Waals surface area contributed by atoms with Gasteiger partial charge < -0.3 is 20.1 Å². The summed E-state index contributed by atoms with van der Waals surface area (Å²) < 4.78 is 5.81. The fourth-order valence-corrected chi connectivity index (χ4v) is 4.07. The van der Waals surface area contributed by atoms with Crippen molar-refractivity contribution in [2.75, 3.05) is 19.7 Å². The number of carbonyl (C=O) groups is 2. The maximum absolute atomic E-state index is 12.5. The normalized spacial score (nSPS) is 28.6. The van der Waals surface area contributed by atoms with Crippen LogP contribution in [0.25, 0.3) is 0 Å². The molecule has 2 amide bonds. The lowest BCUT2D eigenvalue weighted by atomic mass is 9.56. The van der Waals surface area contributed by atoms with Crippen molar-refractivity contribution < 1.29 is 19.4 Å². The highest BCUT2D eigenvalue weighted by atomic mass is 16.5. The van der Waals surface area contributed by atoms with E-state index < -0.39 is 5.97 Å². The first-order chi connectivity index (χ1) is 10.4. The monoisotopic (exact) mass is 312 g/mol. The topological polar surface area (TPSA) is 78.9 Å². The molecule has 2 fully saturated rings. The van der Waals surface area contributed by atoms with Crippen molar-refractivity contribution in [2.24, 2.45) is 11.3 Å². The number of amides is 2. The molecule has 6 nitrogen and oxygen atoms in total. The van der Waals surface area contributed by atoms with Crippen LogP contribution in [-0.4, -0.2) is 53.8 Å². The van der Waals surface area contributed by atoms with Gasteiger partial charge in [0.15, 0.2) is 0 Å². The number of nitrogens with zero attached hydrogens (tertiary/aromatic N) is 1.